The van der Waals surface area contributed by atoms with Crippen LogP contribution in [0.2, 0.25) is 0 Å². The van der Waals surface area contributed by atoms with Gasteiger partial charge in [0.1, 0.15) is 18.3 Å². The average Bonchev–Trinajstić information content (AvgIpc) is 2.94. The summed E-state index contributed by atoms with van der Waals surface area (Å²) in [6.07, 6.45) is -4.82. The van der Waals surface area contributed by atoms with Crippen molar-refractivity contribution in [2.24, 2.45) is 0 Å². The molecule has 130 valence electrons. The summed E-state index contributed by atoms with van der Waals surface area (Å²) in [5.41, 5.74) is 5.70. The monoisotopic (exact) mass is 355 g/mol. The van der Waals surface area contributed by atoms with Crippen LogP contribution in [0.1, 0.15) is 13.2 Å². The molecule has 0 saturated carbocycles. The molecular formula is C13H17N5O5S. The predicted molar refractivity (Wildman–Crippen MR) is 87.6 cm³/mol. The van der Waals surface area contributed by atoms with Crippen molar-refractivity contribution in [1.29, 1.82) is 0 Å². The summed E-state index contributed by atoms with van der Waals surface area (Å²) in [7, 11) is 0. The zero-order valence-electron chi connectivity index (χ0n) is 12.7. The quantitative estimate of drug-likeness (QED) is 0.437. The van der Waals surface area contributed by atoms with Gasteiger partial charge in [-0.3, -0.25) is 18.9 Å². The van der Waals surface area contributed by atoms with Crippen LogP contribution in [0.15, 0.2) is 11.4 Å². The zero-order valence-corrected chi connectivity index (χ0v) is 13.5. The Labute approximate surface area is 140 Å². The van der Waals surface area contributed by atoms with Crippen LogP contribution < -0.4 is 11.3 Å². The van der Waals surface area contributed by atoms with Gasteiger partial charge in [-0.25, -0.2) is 0 Å². The second-order valence-electron chi connectivity index (χ2n) is 5.58. The maximum absolute atomic E-state index is 12.3. The molecule has 3 heterocycles. The number of nitrogens with one attached hydrogen (secondary N) is 1. The number of nitrogen functional groups attached to an aromatic ring is 1. The third kappa shape index (κ3) is 2.29. The molecule has 0 unspecified atom stereocenters. The number of aliphatic hydroxyl groups excluding tert-OH is 3. The van der Waals surface area contributed by atoms with E-state index < -0.39 is 36.7 Å². The van der Waals surface area contributed by atoms with Crippen molar-refractivity contribution in [2.45, 2.75) is 31.5 Å². The smallest absolute Gasteiger partial charge is 0.278 e. The number of hydrogen-bond acceptors (Lipinski definition) is 8. The maximum atomic E-state index is 12.3. The van der Waals surface area contributed by atoms with E-state index in [0.717, 1.165) is 0 Å². The van der Waals surface area contributed by atoms with Gasteiger partial charge in [-0.15, -0.1) is 0 Å². The Morgan fingerprint density at radius 2 is 2.17 bits per heavy atom. The first kappa shape index (κ1) is 16.8. The van der Waals surface area contributed by atoms with Crippen molar-refractivity contribution < 1.29 is 20.1 Å². The lowest BCUT2D eigenvalue weighted by Gasteiger charge is -2.16. The summed E-state index contributed by atoms with van der Waals surface area (Å²) in [5, 5.41) is 29.5. The fraction of sp³-hybridized carbons (Fsp3) is 0.462. The minimum atomic E-state index is -1.37. The number of fused-ring (bicyclic) bond motifs is 1. The van der Waals surface area contributed by atoms with Crippen LogP contribution in [0.5, 0.6) is 0 Å². The van der Waals surface area contributed by atoms with E-state index in [1.54, 1.807) is 6.92 Å². The summed E-state index contributed by atoms with van der Waals surface area (Å²) in [5.74, 6) is -0.137. The van der Waals surface area contributed by atoms with Gasteiger partial charge < -0.3 is 25.8 Å². The minimum Gasteiger partial charge on any atom is -0.394 e. The number of rotatable bonds is 3. The van der Waals surface area contributed by atoms with E-state index in [-0.39, 0.29) is 21.9 Å². The Bertz CT molecular complexity index is 931. The van der Waals surface area contributed by atoms with E-state index in [1.165, 1.54) is 9.13 Å². The number of nitrogens with two attached hydrogens (primary N) is 1. The molecule has 0 aliphatic carbocycles. The van der Waals surface area contributed by atoms with Gasteiger partial charge in [0.15, 0.2) is 22.2 Å². The van der Waals surface area contributed by atoms with Crippen molar-refractivity contribution >= 4 is 35.0 Å². The first-order chi connectivity index (χ1) is 11.3. The van der Waals surface area contributed by atoms with Crippen LogP contribution in [0.25, 0.3) is 16.9 Å². The van der Waals surface area contributed by atoms with Crippen LogP contribution in [0.4, 0.5) is 5.95 Å². The van der Waals surface area contributed by atoms with Crippen molar-refractivity contribution in [3.63, 3.8) is 0 Å². The van der Waals surface area contributed by atoms with Gasteiger partial charge in [0, 0.05) is 5.70 Å². The molecule has 2 aromatic heterocycles. The molecule has 0 aromatic carbocycles. The Morgan fingerprint density at radius 1 is 1.50 bits per heavy atom. The molecule has 1 saturated heterocycles. The molecule has 1 aliphatic rings. The van der Waals surface area contributed by atoms with Crippen LogP contribution in [-0.4, -0.2) is 59.3 Å². The third-order valence-corrected chi connectivity index (χ3v) is 4.28. The van der Waals surface area contributed by atoms with E-state index in [2.05, 4.69) is 16.5 Å². The molecule has 1 fully saturated rings. The number of aliphatic hydroxyl groups is 3. The van der Waals surface area contributed by atoms with Gasteiger partial charge in [0.2, 0.25) is 5.95 Å². The second-order valence-corrected chi connectivity index (χ2v) is 5.94. The average molecular weight is 355 g/mol. The summed E-state index contributed by atoms with van der Waals surface area (Å²) < 4.78 is 8.25. The molecule has 0 bridgehead atoms. The fourth-order valence-corrected chi connectivity index (χ4v) is 3.25. The molecule has 0 spiro atoms. The van der Waals surface area contributed by atoms with Gasteiger partial charge in [0.05, 0.1) is 6.61 Å². The summed E-state index contributed by atoms with van der Waals surface area (Å²) >= 11 is 5.37. The van der Waals surface area contributed by atoms with Crippen LogP contribution in [-0.2, 0) is 4.74 Å². The lowest BCUT2D eigenvalue weighted by molar-refractivity contribution is -0.0518. The highest BCUT2D eigenvalue weighted by Crippen LogP contribution is 2.32. The number of aromatic amines is 1. The standard InChI is InChI=1S/C13H17N5O5S/c1-4(2)17-6-9(15-12(14)16-10(6)22)18(13(17)24)11-8(21)7(20)5(3-19)23-11/h5,7-8,11,19-21H,1,3H2,2H3,(H3,14,15,16,22)/t5-,7-,8-,11-/m1/s1. The van der Waals surface area contributed by atoms with Crippen molar-refractivity contribution in [1.82, 2.24) is 19.1 Å². The minimum absolute atomic E-state index is 0.0825. The molecule has 11 heteroatoms. The summed E-state index contributed by atoms with van der Waals surface area (Å²) in [6, 6.07) is 0. The molecule has 0 amide bonds. The highest BCUT2D eigenvalue weighted by atomic mass is 32.1. The summed E-state index contributed by atoms with van der Waals surface area (Å²) in [6.45, 7) is 4.94. The van der Waals surface area contributed by atoms with Crippen molar-refractivity contribution in [2.75, 3.05) is 12.3 Å². The normalized spacial score (nSPS) is 27.0. The van der Waals surface area contributed by atoms with E-state index in [0.29, 0.717) is 5.70 Å². The van der Waals surface area contributed by atoms with E-state index in [4.69, 9.17) is 22.7 Å². The van der Waals surface area contributed by atoms with Gasteiger partial charge in [-0.2, -0.15) is 4.98 Å². The molecule has 0 radical (unpaired) electrons. The number of hydrogen-bond donors (Lipinski definition) is 5. The number of imidazole rings is 1. The number of anilines is 1. The SMILES string of the molecule is C=C(C)n1c(=S)n([C@@H]2O[C@H](CO)[C@@H](O)[C@H]2O)c2nc(N)[nH]c(=O)c21. The van der Waals surface area contributed by atoms with Crippen LogP contribution in [0, 0.1) is 4.77 Å². The van der Waals surface area contributed by atoms with E-state index in [1.807, 2.05) is 0 Å². The molecule has 3 rings (SSSR count). The highest BCUT2D eigenvalue weighted by molar-refractivity contribution is 7.71. The Morgan fingerprint density at radius 3 is 2.71 bits per heavy atom. The maximum Gasteiger partial charge on any atom is 0.278 e. The predicted octanol–water partition coefficient (Wildman–Crippen LogP) is -1.06. The summed E-state index contributed by atoms with van der Waals surface area (Å²) in [4.78, 5) is 18.7. The molecule has 24 heavy (non-hydrogen) atoms. The van der Waals surface area contributed by atoms with Crippen molar-refractivity contribution in [3.05, 3.63) is 21.7 Å². The molecule has 2 aromatic rings. The van der Waals surface area contributed by atoms with E-state index >= 15 is 0 Å². The number of aromatic nitrogens is 4. The zero-order chi connectivity index (χ0) is 17.8. The van der Waals surface area contributed by atoms with Crippen LogP contribution in [0.3, 0.4) is 0 Å². The molecule has 6 N–H and O–H groups in total. The Balaban J connectivity index is 2.34. The number of ether oxygens (including phenoxy) is 1. The molecule has 4 atom stereocenters. The number of nitrogens with zero attached hydrogens (tertiary/aromatic N) is 3. The molecule has 1 aliphatic heterocycles. The third-order valence-electron chi connectivity index (χ3n) is 3.90. The lowest BCUT2D eigenvalue weighted by atomic mass is 10.1. The number of allylic oxidation sites excluding steroid dienone is 1. The van der Waals surface area contributed by atoms with Gasteiger partial charge in [0.25, 0.3) is 5.56 Å². The molecule has 10 nitrogen and oxygen atoms in total. The topological polar surface area (TPSA) is 152 Å². The second kappa shape index (κ2) is 5.79. The van der Waals surface area contributed by atoms with Gasteiger partial charge in [-0.05, 0) is 19.1 Å². The van der Waals surface area contributed by atoms with E-state index in [9.17, 15) is 20.1 Å². The first-order valence-corrected chi connectivity index (χ1v) is 7.49. The van der Waals surface area contributed by atoms with Gasteiger partial charge >= 0.3 is 0 Å². The van der Waals surface area contributed by atoms with Gasteiger partial charge in [-0.1, -0.05) is 6.58 Å². The van der Waals surface area contributed by atoms with Crippen LogP contribution >= 0.6 is 12.2 Å². The highest BCUT2D eigenvalue weighted by Gasteiger charge is 2.44. The molecular weight excluding hydrogens is 338 g/mol. The first-order valence-electron chi connectivity index (χ1n) is 7.09. The Hall–Kier alpha value is -2.05. The largest absolute Gasteiger partial charge is 0.394 e. The Kier molecular flexibility index (Phi) is 4.05. The number of H-pyrrole nitrogens is 1. The van der Waals surface area contributed by atoms with Crippen molar-refractivity contribution in [3.8, 4) is 0 Å². The lowest BCUT2D eigenvalue weighted by Crippen LogP contribution is -2.33. The fourth-order valence-electron chi connectivity index (χ4n) is 2.81.